The summed E-state index contributed by atoms with van der Waals surface area (Å²) < 4.78 is 5.43. The number of benzene rings is 2. The molecule has 3 aromatic rings. The summed E-state index contributed by atoms with van der Waals surface area (Å²) in [6.07, 6.45) is 4.89. The normalized spacial score (nSPS) is 15.1. The number of nitrogens with zero attached hydrogens (tertiary/aromatic N) is 3. The molecule has 41 heavy (non-hydrogen) atoms. The van der Waals surface area contributed by atoms with E-state index in [4.69, 9.17) is 16.3 Å². The summed E-state index contributed by atoms with van der Waals surface area (Å²) in [4.78, 5) is 49.2. The van der Waals surface area contributed by atoms with Crippen LogP contribution in [-0.2, 0) is 11.2 Å². The number of rotatable bonds is 3. The van der Waals surface area contributed by atoms with Crippen LogP contribution in [0.25, 0.3) is 11.1 Å². The van der Waals surface area contributed by atoms with Gasteiger partial charge in [0.05, 0.1) is 23.9 Å². The van der Waals surface area contributed by atoms with Crippen molar-refractivity contribution in [1.29, 1.82) is 0 Å². The molecule has 0 fully saturated rings. The fourth-order valence-electron chi connectivity index (χ4n) is 4.52. The van der Waals surface area contributed by atoms with Gasteiger partial charge in [-0.25, -0.2) is 9.97 Å². The number of carbonyl (C=O) groups excluding carboxylic acids is 3. The predicted octanol–water partition coefficient (Wildman–Crippen LogP) is 3.95. The molecule has 2 aromatic carbocycles. The summed E-state index contributed by atoms with van der Waals surface area (Å²) in [6.45, 7) is 1.32. The summed E-state index contributed by atoms with van der Waals surface area (Å²) in [5.41, 5.74) is 2.57. The third kappa shape index (κ3) is 7.68. The molecule has 2 heterocycles. The maximum absolute atomic E-state index is 13.4. The molecule has 10 nitrogen and oxygen atoms in total. The van der Waals surface area contributed by atoms with Crippen molar-refractivity contribution in [1.82, 2.24) is 25.5 Å². The quantitative estimate of drug-likeness (QED) is 0.305. The van der Waals surface area contributed by atoms with Crippen LogP contribution in [0.15, 0.2) is 47.8 Å². The first-order valence-corrected chi connectivity index (χ1v) is 14.8. The maximum atomic E-state index is 13.4. The Bertz CT molecular complexity index is 1440. The second-order valence-corrected chi connectivity index (χ2v) is 10.6. The van der Waals surface area contributed by atoms with Gasteiger partial charge < -0.3 is 25.4 Å². The van der Waals surface area contributed by atoms with Crippen molar-refractivity contribution in [2.75, 3.05) is 39.5 Å². The molecule has 3 amide bonds. The van der Waals surface area contributed by atoms with Gasteiger partial charge in [-0.2, -0.15) is 0 Å². The number of phenolic OH excluding ortho intramolecular Hbond substituents is 1. The highest BCUT2D eigenvalue weighted by Gasteiger charge is 2.22. The number of nitrogens with one attached hydrogen (secondary N) is 2. The smallest absolute Gasteiger partial charge is 0.274 e. The number of aromatic hydroxyl groups is 1. The molecule has 0 radical (unpaired) electrons. The van der Waals surface area contributed by atoms with E-state index in [1.54, 1.807) is 35.2 Å². The van der Waals surface area contributed by atoms with Crippen LogP contribution in [-0.4, -0.2) is 77.2 Å². The Morgan fingerprint density at radius 3 is 2.63 bits per heavy atom. The van der Waals surface area contributed by atoms with Crippen LogP contribution in [0.1, 0.15) is 45.7 Å². The average Bonchev–Trinajstić information content (AvgIpc) is 2.98. The summed E-state index contributed by atoms with van der Waals surface area (Å²) in [5, 5.41) is 17.0. The van der Waals surface area contributed by atoms with Crippen molar-refractivity contribution in [3.63, 3.8) is 0 Å². The molecule has 0 atom stereocenters. The molecule has 4 bridgehead atoms. The molecule has 0 unspecified atom stereocenters. The van der Waals surface area contributed by atoms with Gasteiger partial charge >= 0.3 is 0 Å². The average molecular weight is 598 g/mol. The lowest BCUT2D eigenvalue weighted by Gasteiger charge is -2.23. The van der Waals surface area contributed by atoms with Crippen LogP contribution in [0.4, 0.5) is 0 Å². The van der Waals surface area contributed by atoms with Gasteiger partial charge in [0.1, 0.15) is 11.5 Å². The zero-order chi connectivity index (χ0) is 29.4. The Labute approximate surface area is 247 Å². The van der Waals surface area contributed by atoms with Gasteiger partial charge in [0.2, 0.25) is 5.91 Å². The lowest BCUT2D eigenvalue weighted by molar-refractivity contribution is -0.121. The topological polar surface area (TPSA) is 134 Å². The number of halogens is 1. The molecule has 3 N–H and O–H groups in total. The van der Waals surface area contributed by atoms with Crippen molar-refractivity contribution < 1.29 is 24.2 Å². The number of carbonyl (C=O) groups is 3. The van der Waals surface area contributed by atoms with E-state index in [-0.39, 0.29) is 47.2 Å². The minimum atomic E-state index is -0.362. The van der Waals surface area contributed by atoms with Crippen LogP contribution < -0.4 is 15.4 Å². The third-order valence-corrected chi connectivity index (χ3v) is 7.51. The molecular formula is C29H32ClN5O5S. The predicted molar refractivity (Wildman–Crippen MR) is 158 cm³/mol. The summed E-state index contributed by atoms with van der Waals surface area (Å²) in [5.74, 6) is -0.341. The summed E-state index contributed by atoms with van der Waals surface area (Å²) >= 11 is 7.57. The Balaban J connectivity index is 1.59. The minimum Gasteiger partial charge on any atom is -0.507 e. The van der Waals surface area contributed by atoms with E-state index in [0.29, 0.717) is 66.5 Å². The lowest BCUT2D eigenvalue weighted by atomic mass is 9.98. The lowest BCUT2D eigenvalue weighted by Crippen LogP contribution is -2.36. The first-order valence-electron chi connectivity index (χ1n) is 13.2. The number of methoxy groups -OCH3 is 1. The minimum absolute atomic E-state index is 0.0819. The Hall–Kier alpha value is -3.83. The highest BCUT2D eigenvalue weighted by Crippen LogP contribution is 2.33. The van der Waals surface area contributed by atoms with E-state index in [1.165, 1.54) is 25.1 Å². The highest BCUT2D eigenvalue weighted by molar-refractivity contribution is 7.98. The number of amides is 3. The zero-order valence-corrected chi connectivity index (χ0v) is 24.5. The molecule has 216 valence electrons. The first kappa shape index (κ1) is 30.1. The second-order valence-electron chi connectivity index (χ2n) is 9.42. The molecule has 12 heteroatoms. The second kappa shape index (κ2) is 14.2. The largest absolute Gasteiger partial charge is 0.507 e. The van der Waals surface area contributed by atoms with Gasteiger partial charge in [-0.1, -0.05) is 35.5 Å². The third-order valence-electron chi connectivity index (χ3n) is 6.67. The van der Waals surface area contributed by atoms with Crippen LogP contribution in [0.5, 0.6) is 11.5 Å². The Kier molecular flexibility index (Phi) is 10.4. The summed E-state index contributed by atoms with van der Waals surface area (Å²) in [7, 11) is 1.49. The number of hydrogen-bond acceptors (Lipinski definition) is 8. The van der Waals surface area contributed by atoms with Crippen molar-refractivity contribution in [2.24, 2.45) is 0 Å². The van der Waals surface area contributed by atoms with E-state index >= 15 is 0 Å². The number of thioether (sulfide) groups is 1. The monoisotopic (exact) mass is 597 g/mol. The van der Waals surface area contributed by atoms with E-state index in [9.17, 15) is 19.5 Å². The van der Waals surface area contributed by atoms with Crippen LogP contribution in [0.3, 0.4) is 0 Å². The molecule has 0 spiro atoms. The van der Waals surface area contributed by atoms with Crippen LogP contribution in [0.2, 0.25) is 5.02 Å². The van der Waals surface area contributed by atoms with E-state index in [0.717, 1.165) is 5.56 Å². The van der Waals surface area contributed by atoms with Crippen LogP contribution >= 0.6 is 23.4 Å². The van der Waals surface area contributed by atoms with Crippen molar-refractivity contribution in [3.8, 4) is 22.6 Å². The number of fused-ring (bicyclic) bond motifs is 5. The number of hydrogen-bond donors (Lipinski definition) is 3. The standard InChI is InChI=1S/C29H32ClN5O5S/c1-40-24-9-7-19-16-21(24)27(38)32-11-4-14-35(28(39)26-22(30)17-33-29(34-26)41-2)13-3-5-25(37)31-12-10-18-6-8-23(36)20(19)15-18/h6-9,15-17,36H,3-5,10-14H2,1-2H3,(H,31,37)(H,32,38). The Morgan fingerprint density at radius 2 is 1.85 bits per heavy atom. The van der Waals surface area contributed by atoms with Crippen molar-refractivity contribution >= 4 is 41.1 Å². The molecule has 1 aromatic heterocycles. The van der Waals surface area contributed by atoms with Gasteiger partial charge in [0, 0.05) is 38.2 Å². The molecule has 0 saturated carbocycles. The van der Waals surface area contributed by atoms with Gasteiger partial charge in [0.25, 0.3) is 11.8 Å². The summed E-state index contributed by atoms with van der Waals surface area (Å²) in [6, 6.07) is 10.4. The highest BCUT2D eigenvalue weighted by atomic mass is 35.5. The van der Waals surface area contributed by atoms with Gasteiger partial charge in [-0.3, -0.25) is 14.4 Å². The molecule has 0 aliphatic carbocycles. The number of ether oxygens (including phenoxy) is 1. The SMILES string of the molecule is COc1ccc2cc1C(=O)NCCCN(C(=O)c1nc(SC)ncc1Cl)CCCC(=O)NCCc1ccc(O)c-2c1. The zero-order valence-electron chi connectivity index (χ0n) is 22.9. The van der Waals surface area contributed by atoms with Gasteiger partial charge in [-0.15, -0.1) is 0 Å². The fraction of sp³-hybridized carbons (Fsp3) is 0.345. The van der Waals surface area contributed by atoms with Crippen LogP contribution in [0, 0.1) is 0 Å². The first-order chi connectivity index (χ1) is 19.8. The maximum Gasteiger partial charge on any atom is 0.274 e. The number of aromatic nitrogens is 2. The van der Waals surface area contributed by atoms with E-state index in [2.05, 4.69) is 20.6 Å². The molecule has 1 aliphatic heterocycles. The molecule has 0 saturated heterocycles. The number of phenols is 1. The molecule has 4 rings (SSSR count). The fourth-order valence-corrected chi connectivity index (χ4v) is 5.03. The molecular weight excluding hydrogens is 566 g/mol. The van der Waals surface area contributed by atoms with E-state index < -0.39 is 0 Å². The molecule has 1 aliphatic rings. The van der Waals surface area contributed by atoms with Crippen molar-refractivity contribution in [3.05, 3.63) is 64.4 Å². The van der Waals surface area contributed by atoms with Crippen molar-refractivity contribution in [2.45, 2.75) is 30.8 Å². The Morgan fingerprint density at radius 1 is 1.05 bits per heavy atom. The van der Waals surface area contributed by atoms with Gasteiger partial charge in [-0.05, 0) is 60.9 Å². The van der Waals surface area contributed by atoms with Gasteiger partial charge in [0.15, 0.2) is 10.9 Å². The van der Waals surface area contributed by atoms with E-state index in [1.807, 2.05) is 12.3 Å².